The zero-order valence-electron chi connectivity index (χ0n) is 16.1. The standard InChI is InChI=1S/C22H25FN2O4/c23-20-18(2-1-3-19(20)24)17-7-4-15(12-14(17)13-29-16-5-6-16)25-22(21(26)27)8-10-28-11-9-22/h1-4,7,12,16,25H,5-6,8-11,13,24H2,(H,26,27). The normalized spacial score (nSPS) is 18.4. The molecule has 6 nitrogen and oxygen atoms in total. The van der Waals surface area contributed by atoms with E-state index in [9.17, 15) is 14.3 Å². The first-order valence-corrected chi connectivity index (χ1v) is 9.87. The van der Waals surface area contributed by atoms with Crippen molar-refractivity contribution < 1.29 is 23.8 Å². The van der Waals surface area contributed by atoms with Crippen LogP contribution in [0, 0.1) is 5.82 Å². The van der Waals surface area contributed by atoms with Crippen LogP contribution < -0.4 is 11.1 Å². The maximum absolute atomic E-state index is 14.6. The fourth-order valence-electron chi connectivity index (χ4n) is 3.64. The van der Waals surface area contributed by atoms with Crippen LogP contribution in [0.4, 0.5) is 15.8 Å². The molecule has 1 saturated carbocycles. The lowest BCUT2D eigenvalue weighted by atomic mass is 9.89. The highest BCUT2D eigenvalue weighted by molar-refractivity contribution is 5.83. The Morgan fingerprint density at radius 2 is 2.00 bits per heavy atom. The Hall–Kier alpha value is -2.64. The van der Waals surface area contributed by atoms with E-state index in [-0.39, 0.29) is 11.8 Å². The SMILES string of the molecule is Nc1cccc(-c2ccc(NC3(C(=O)O)CCOCC3)cc2COC2CC2)c1F. The second kappa shape index (κ2) is 8.00. The molecule has 1 saturated heterocycles. The van der Waals surface area contributed by atoms with Gasteiger partial charge >= 0.3 is 5.97 Å². The average Bonchev–Trinajstić information content (AvgIpc) is 3.54. The summed E-state index contributed by atoms with van der Waals surface area (Å²) >= 11 is 0. The van der Waals surface area contributed by atoms with E-state index in [1.165, 1.54) is 6.07 Å². The Morgan fingerprint density at radius 1 is 1.24 bits per heavy atom. The van der Waals surface area contributed by atoms with Gasteiger partial charge < -0.3 is 25.6 Å². The van der Waals surface area contributed by atoms with E-state index in [1.807, 2.05) is 6.07 Å². The number of carboxylic acid groups (broad SMARTS) is 1. The number of hydrogen-bond donors (Lipinski definition) is 3. The Labute approximate surface area is 168 Å². The van der Waals surface area contributed by atoms with Crippen LogP contribution in [0.25, 0.3) is 11.1 Å². The van der Waals surface area contributed by atoms with Crippen LogP contribution in [0.5, 0.6) is 0 Å². The molecule has 1 aliphatic carbocycles. The second-order valence-electron chi connectivity index (χ2n) is 7.72. The van der Waals surface area contributed by atoms with Crippen molar-refractivity contribution in [2.45, 2.75) is 43.9 Å². The molecule has 2 aromatic carbocycles. The van der Waals surface area contributed by atoms with Gasteiger partial charge in [-0.25, -0.2) is 9.18 Å². The fraction of sp³-hybridized carbons (Fsp3) is 0.409. The molecule has 0 aromatic heterocycles. The summed E-state index contributed by atoms with van der Waals surface area (Å²) in [5.41, 5.74) is 7.32. The summed E-state index contributed by atoms with van der Waals surface area (Å²) < 4.78 is 25.8. The van der Waals surface area contributed by atoms with Crippen LogP contribution in [-0.2, 0) is 20.9 Å². The molecule has 7 heteroatoms. The van der Waals surface area contributed by atoms with Crippen molar-refractivity contribution in [2.24, 2.45) is 0 Å². The largest absolute Gasteiger partial charge is 0.480 e. The van der Waals surface area contributed by atoms with Crippen LogP contribution in [0.1, 0.15) is 31.2 Å². The minimum absolute atomic E-state index is 0.0887. The number of hydrogen-bond acceptors (Lipinski definition) is 5. The van der Waals surface area contributed by atoms with E-state index < -0.39 is 17.3 Å². The molecule has 1 aliphatic heterocycles. The molecule has 154 valence electrons. The third-order valence-electron chi connectivity index (χ3n) is 5.56. The van der Waals surface area contributed by atoms with Crippen LogP contribution in [0.2, 0.25) is 0 Å². The van der Waals surface area contributed by atoms with Crippen LogP contribution >= 0.6 is 0 Å². The summed E-state index contributed by atoms with van der Waals surface area (Å²) in [6.45, 7) is 1.11. The minimum atomic E-state index is -1.07. The van der Waals surface area contributed by atoms with Gasteiger partial charge in [-0.15, -0.1) is 0 Å². The zero-order valence-corrected chi connectivity index (χ0v) is 16.1. The molecule has 29 heavy (non-hydrogen) atoms. The molecule has 0 bridgehead atoms. The molecule has 1 heterocycles. The summed E-state index contributed by atoms with van der Waals surface area (Å²) in [4.78, 5) is 12.0. The van der Waals surface area contributed by atoms with Crippen LogP contribution in [0.3, 0.4) is 0 Å². The highest BCUT2D eigenvalue weighted by atomic mass is 19.1. The molecule has 2 aliphatic rings. The predicted octanol–water partition coefficient (Wildman–Crippen LogP) is 3.80. The number of aliphatic carboxylic acids is 1. The van der Waals surface area contributed by atoms with Crippen molar-refractivity contribution >= 4 is 17.3 Å². The van der Waals surface area contributed by atoms with Crippen molar-refractivity contribution in [3.63, 3.8) is 0 Å². The number of anilines is 2. The van der Waals surface area contributed by atoms with Gasteiger partial charge in [-0.1, -0.05) is 18.2 Å². The smallest absolute Gasteiger partial charge is 0.329 e. The summed E-state index contributed by atoms with van der Waals surface area (Å²) in [6, 6.07) is 10.3. The van der Waals surface area contributed by atoms with E-state index >= 15 is 0 Å². The van der Waals surface area contributed by atoms with Gasteiger partial charge in [-0.05, 0) is 42.2 Å². The van der Waals surface area contributed by atoms with Crippen LogP contribution in [-0.4, -0.2) is 35.9 Å². The van der Waals surface area contributed by atoms with Crippen molar-refractivity contribution in [1.29, 1.82) is 0 Å². The first-order valence-electron chi connectivity index (χ1n) is 9.87. The number of nitrogen functional groups attached to an aromatic ring is 1. The van der Waals surface area contributed by atoms with Gasteiger partial charge in [0.25, 0.3) is 0 Å². The number of carboxylic acids is 1. The Balaban J connectivity index is 1.68. The number of ether oxygens (including phenoxy) is 2. The molecule has 0 radical (unpaired) electrons. The van der Waals surface area contributed by atoms with E-state index in [4.69, 9.17) is 15.2 Å². The number of carbonyl (C=O) groups is 1. The van der Waals surface area contributed by atoms with Crippen molar-refractivity contribution in [3.8, 4) is 11.1 Å². The lowest BCUT2D eigenvalue weighted by Crippen LogP contribution is -2.50. The number of nitrogens with one attached hydrogen (secondary N) is 1. The number of halogens is 1. The van der Waals surface area contributed by atoms with Crippen LogP contribution in [0.15, 0.2) is 36.4 Å². The van der Waals surface area contributed by atoms with E-state index in [0.29, 0.717) is 49.5 Å². The maximum atomic E-state index is 14.6. The molecule has 0 atom stereocenters. The van der Waals surface area contributed by atoms with Gasteiger partial charge in [-0.2, -0.15) is 0 Å². The number of nitrogens with two attached hydrogens (primary N) is 1. The first-order chi connectivity index (χ1) is 14.0. The minimum Gasteiger partial charge on any atom is -0.480 e. The summed E-state index contributed by atoms with van der Waals surface area (Å²) in [7, 11) is 0. The average molecular weight is 400 g/mol. The van der Waals surface area contributed by atoms with Gasteiger partial charge in [-0.3, -0.25) is 0 Å². The molecule has 0 spiro atoms. The van der Waals surface area contributed by atoms with Crippen molar-refractivity contribution in [3.05, 3.63) is 47.8 Å². The van der Waals surface area contributed by atoms with Gasteiger partial charge in [0.15, 0.2) is 5.82 Å². The highest BCUT2D eigenvalue weighted by Gasteiger charge is 2.40. The van der Waals surface area contributed by atoms with Gasteiger partial charge in [0.05, 0.1) is 18.4 Å². The first kappa shape index (κ1) is 19.7. The fourth-order valence-corrected chi connectivity index (χ4v) is 3.64. The Kier molecular flexibility index (Phi) is 5.43. The number of rotatable bonds is 7. The summed E-state index contributed by atoms with van der Waals surface area (Å²) in [6.07, 6.45) is 3.05. The molecular weight excluding hydrogens is 375 g/mol. The lowest BCUT2D eigenvalue weighted by Gasteiger charge is -2.35. The van der Waals surface area contributed by atoms with Gasteiger partial charge in [0, 0.05) is 37.3 Å². The zero-order chi connectivity index (χ0) is 20.4. The Bertz CT molecular complexity index is 908. The predicted molar refractivity (Wildman–Crippen MR) is 108 cm³/mol. The molecule has 2 aromatic rings. The molecule has 4 rings (SSSR count). The van der Waals surface area contributed by atoms with Gasteiger partial charge in [0.2, 0.25) is 0 Å². The van der Waals surface area contributed by atoms with E-state index in [0.717, 1.165) is 18.4 Å². The second-order valence-corrected chi connectivity index (χ2v) is 7.72. The molecule has 0 unspecified atom stereocenters. The van der Waals surface area contributed by atoms with Crippen molar-refractivity contribution in [2.75, 3.05) is 24.3 Å². The van der Waals surface area contributed by atoms with E-state index in [2.05, 4.69) is 5.32 Å². The quantitative estimate of drug-likeness (QED) is 0.612. The molecule has 0 amide bonds. The molecule has 2 fully saturated rings. The number of benzene rings is 2. The van der Waals surface area contributed by atoms with Gasteiger partial charge in [0.1, 0.15) is 5.54 Å². The Morgan fingerprint density at radius 3 is 2.69 bits per heavy atom. The highest BCUT2D eigenvalue weighted by Crippen LogP contribution is 2.35. The molecule has 4 N–H and O–H groups in total. The lowest BCUT2D eigenvalue weighted by molar-refractivity contribution is -0.145. The van der Waals surface area contributed by atoms with Crippen molar-refractivity contribution in [1.82, 2.24) is 0 Å². The topological polar surface area (TPSA) is 93.8 Å². The maximum Gasteiger partial charge on any atom is 0.329 e. The third kappa shape index (κ3) is 4.21. The third-order valence-corrected chi connectivity index (χ3v) is 5.56. The monoisotopic (exact) mass is 400 g/mol. The van der Waals surface area contributed by atoms with E-state index in [1.54, 1.807) is 24.3 Å². The summed E-state index contributed by atoms with van der Waals surface area (Å²) in [5.74, 6) is -1.37. The summed E-state index contributed by atoms with van der Waals surface area (Å²) in [5, 5.41) is 13.0. The molecular formula is C22H25FN2O4.